The van der Waals surface area contributed by atoms with E-state index in [0.717, 1.165) is 44.4 Å². The zero-order valence-corrected chi connectivity index (χ0v) is 14.8. The van der Waals surface area contributed by atoms with Crippen LogP contribution in [0.3, 0.4) is 0 Å². The monoisotopic (exact) mass is 319 g/mol. The van der Waals surface area contributed by atoms with Gasteiger partial charge >= 0.3 is 0 Å². The molecule has 5 nitrogen and oxygen atoms in total. The third-order valence-electron chi connectivity index (χ3n) is 5.42. The molecule has 1 amide bonds. The second kappa shape index (κ2) is 6.27. The second-order valence-electron chi connectivity index (χ2n) is 7.84. The number of rotatable bonds is 4. The molecule has 1 aromatic heterocycles. The van der Waals surface area contributed by atoms with E-state index >= 15 is 0 Å². The van der Waals surface area contributed by atoms with Crippen molar-refractivity contribution in [2.45, 2.75) is 65.1 Å². The van der Waals surface area contributed by atoms with Crippen LogP contribution in [0.5, 0.6) is 0 Å². The van der Waals surface area contributed by atoms with Gasteiger partial charge in [-0.15, -0.1) is 0 Å². The molecule has 5 heteroatoms. The summed E-state index contributed by atoms with van der Waals surface area (Å²) in [6, 6.07) is 0.387. The quantitative estimate of drug-likeness (QED) is 0.857. The van der Waals surface area contributed by atoms with Crippen LogP contribution in [-0.2, 0) is 16.1 Å². The molecule has 0 aromatic carbocycles. The van der Waals surface area contributed by atoms with Gasteiger partial charge in [0.05, 0.1) is 18.2 Å². The van der Waals surface area contributed by atoms with E-state index in [1.165, 1.54) is 0 Å². The van der Waals surface area contributed by atoms with Crippen molar-refractivity contribution in [3.8, 4) is 0 Å². The fourth-order valence-corrected chi connectivity index (χ4v) is 3.99. The number of nitrogens with zero attached hydrogens (tertiary/aromatic N) is 3. The zero-order chi connectivity index (χ0) is 16.6. The lowest BCUT2D eigenvalue weighted by atomic mass is 9.67. The highest BCUT2D eigenvalue weighted by Crippen LogP contribution is 2.44. The molecule has 1 aromatic rings. The Bertz CT molecular complexity index is 558. The van der Waals surface area contributed by atoms with Crippen LogP contribution >= 0.6 is 0 Å². The predicted molar refractivity (Wildman–Crippen MR) is 88.9 cm³/mol. The number of hydrogen-bond donors (Lipinski definition) is 0. The van der Waals surface area contributed by atoms with Crippen LogP contribution < -0.4 is 0 Å². The molecule has 0 spiro atoms. The van der Waals surface area contributed by atoms with Crippen LogP contribution in [0.15, 0.2) is 12.4 Å². The summed E-state index contributed by atoms with van der Waals surface area (Å²) in [6.45, 7) is 8.17. The van der Waals surface area contributed by atoms with Crippen molar-refractivity contribution in [3.63, 3.8) is 0 Å². The first-order valence-electron chi connectivity index (χ1n) is 8.82. The summed E-state index contributed by atoms with van der Waals surface area (Å²) < 4.78 is 7.87. The van der Waals surface area contributed by atoms with Crippen molar-refractivity contribution in [1.82, 2.24) is 14.7 Å². The molecule has 2 aliphatic rings. The summed E-state index contributed by atoms with van der Waals surface area (Å²) in [6.07, 6.45) is 7.78. The van der Waals surface area contributed by atoms with Crippen LogP contribution in [0.4, 0.5) is 0 Å². The predicted octanol–water partition coefficient (Wildman–Crippen LogP) is 3.02. The Labute approximate surface area is 139 Å². The summed E-state index contributed by atoms with van der Waals surface area (Å²) in [4.78, 5) is 15.0. The minimum atomic E-state index is -0.146. The summed E-state index contributed by atoms with van der Waals surface area (Å²) in [7, 11) is 1.96. The highest BCUT2D eigenvalue weighted by molar-refractivity contribution is 5.80. The lowest BCUT2D eigenvalue weighted by Gasteiger charge is -2.48. The molecule has 2 atom stereocenters. The van der Waals surface area contributed by atoms with Gasteiger partial charge in [-0.05, 0) is 38.0 Å². The molecule has 2 fully saturated rings. The van der Waals surface area contributed by atoms with E-state index < -0.39 is 0 Å². The number of carbonyl (C=O) groups excluding carboxylic acids is 1. The van der Waals surface area contributed by atoms with Gasteiger partial charge < -0.3 is 9.64 Å². The number of aromatic nitrogens is 2. The molecule has 0 radical (unpaired) electrons. The normalized spacial score (nSPS) is 27.5. The van der Waals surface area contributed by atoms with Gasteiger partial charge in [-0.2, -0.15) is 5.10 Å². The van der Waals surface area contributed by atoms with Crippen LogP contribution in [0.2, 0.25) is 0 Å². The molecule has 128 valence electrons. The van der Waals surface area contributed by atoms with Crippen LogP contribution in [0.1, 0.15) is 58.1 Å². The maximum absolute atomic E-state index is 13.0. The van der Waals surface area contributed by atoms with Gasteiger partial charge in [0.1, 0.15) is 0 Å². The van der Waals surface area contributed by atoms with Crippen molar-refractivity contribution in [2.24, 2.45) is 11.3 Å². The number of aryl methyl sites for hydroxylation is 1. The van der Waals surface area contributed by atoms with Crippen molar-refractivity contribution in [3.05, 3.63) is 18.0 Å². The first kappa shape index (κ1) is 16.5. The summed E-state index contributed by atoms with van der Waals surface area (Å²) in [5.41, 5.74) is 1.41. The van der Waals surface area contributed by atoms with E-state index in [2.05, 4.69) is 25.9 Å². The lowest BCUT2D eigenvalue weighted by molar-refractivity contribution is -0.150. The van der Waals surface area contributed by atoms with E-state index in [4.69, 9.17) is 4.74 Å². The Kier molecular flexibility index (Phi) is 4.50. The van der Waals surface area contributed by atoms with Crippen LogP contribution in [0, 0.1) is 11.3 Å². The Morgan fingerprint density at radius 1 is 1.48 bits per heavy atom. The number of carbonyl (C=O) groups is 1. The third kappa shape index (κ3) is 3.30. The standard InChI is InChI=1S/C18H29N3O2/c1-5-21-12-13(11-19-21)16-15(7-6-8-23-16)17(22)20(4)14-9-18(2,3)10-14/h11-12,14-16H,5-10H2,1-4H3/t15-,16+/m1/s1. The fourth-order valence-electron chi connectivity index (χ4n) is 3.99. The van der Waals surface area contributed by atoms with Gasteiger partial charge in [0, 0.05) is 38.0 Å². The minimum Gasteiger partial charge on any atom is -0.373 e. The largest absolute Gasteiger partial charge is 0.373 e. The van der Waals surface area contributed by atoms with Crippen LogP contribution in [0.25, 0.3) is 0 Å². The second-order valence-corrected chi connectivity index (χ2v) is 7.84. The summed E-state index contributed by atoms with van der Waals surface area (Å²) >= 11 is 0. The van der Waals surface area contributed by atoms with Gasteiger partial charge in [-0.25, -0.2) is 0 Å². The fraction of sp³-hybridized carbons (Fsp3) is 0.778. The van der Waals surface area contributed by atoms with Crippen molar-refractivity contribution in [2.75, 3.05) is 13.7 Å². The Hall–Kier alpha value is -1.36. The van der Waals surface area contributed by atoms with Crippen molar-refractivity contribution < 1.29 is 9.53 Å². The molecule has 1 aliphatic heterocycles. The smallest absolute Gasteiger partial charge is 0.228 e. The van der Waals surface area contributed by atoms with Gasteiger partial charge in [0.15, 0.2) is 0 Å². The molecule has 0 unspecified atom stereocenters. The summed E-state index contributed by atoms with van der Waals surface area (Å²) in [5.74, 6) is 0.159. The topological polar surface area (TPSA) is 47.4 Å². The van der Waals surface area contributed by atoms with E-state index in [0.29, 0.717) is 11.5 Å². The molecule has 0 N–H and O–H groups in total. The lowest BCUT2D eigenvalue weighted by Crippen LogP contribution is -2.51. The molecule has 1 saturated carbocycles. The number of amides is 1. The van der Waals surface area contributed by atoms with Gasteiger partial charge in [-0.3, -0.25) is 9.48 Å². The number of hydrogen-bond acceptors (Lipinski definition) is 3. The van der Waals surface area contributed by atoms with E-state index in [1.807, 2.05) is 29.0 Å². The maximum atomic E-state index is 13.0. The minimum absolute atomic E-state index is 0.0769. The maximum Gasteiger partial charge on any atom is 0.228 e. The Balaban J connectivity index is 1.71. The van der Waals surface area contributed by atoms with Gasteiger partial charge in [-0.1, -0.05) is 13.8 Å². The van der Waals surface area contributed by atoms with Gasteiger partial charge in [0.2, 0.25) is 5.91 Å². The molecule has 23 heavy (non-hydrogen) atoms. The van der Waals surface area contributed by atoms with E-state index in [1.54, 1.807) is 0 Å². The van der Waals surface area contributed by atoms with Gasteiger partial charge in [0.25, 0.3) is 0 Å². The highest BCUT2D eigenvalue weighted by atomic mass is 16.5. The Morgan fingerprint density at radius 2 is 2.22 bits per heavy atom. The third-order valence-corrected chi connectivity index (χ3v) is 5.42. The van der Waals surface area contributed by atoms with Crippen molar-refractivity contribution >= 4 is 5.91 Å². The molecule has 1 saturated heterocycles. The van der Waals surface area contributed by atoms with E-state index in [9.17, 15) is 4.79 Å². The number of ether oxygens (including phenoxy) is 1. The van der Waals surface area contributed by atoms with Crippen LogP contribution in [-0.4, -0.2) is 40.3 Å². The summed E-state index contributed by atoms with van der Waals surface area (Å²) in [5, 5.41) is 4.34. The van der Waals surface area contributed by atoms with Crippen molar-refractivity contribution in [1.29, 1.82) is 0 Å². The molecule has 3 rings (SSSR count). The average Bonchev–Trinajstić information content (AvgIpc) is 3.00. The first-order chi connectivity index (χ1) is 10.9. The molecule has 2 heterocycles. The highest BCUT2D eigenvalue weighted by Gasteiger charge is 2.43. The zero-order valence-electron chi connectivity index (χ0n) is 14.8. The average molecular weight is 319 g/mol. The molecular weight excluding hydrogens is 290 g/mol. The first-order valence-corrected chi connectivity index (χ1v) is 8.82. The molecular formula is C18H29N3O2. The SMILES string of the molecule is CCn1cc([C@@H]2OCCC[C@H]2C(=O)N(C)C2CC(C)(C)C2)cn1. The molecule has 0 bridgehead atoms. The molecule has 1 aliphatic carbocycles. The van der Waals surface area contributed by atoms with E-state index in [-0.39, 0.29) is 17.9 Å². The Morgan fingerprint density at radius 3 is 2.83 bits per heavy atom.